The van der Waals surface area contributed by atoms with Gasteiger partial charge in [0.15, 0.2) is 0 Å². The van der Waals surface area contributed by atoms with Crippen molar-refractivity contribution in [1.29, 1.82) is 0 Å². The van der Waals surface area contributed by atoms with Crippen LogP contribution in [0.5, 0.6) is 5.75 Å². The van der Waals surface area contributed by atoms with Gasteiger partial charge >= 0.3 is 6.36 Å². The fraction of sp³-hybridized carbons (Fsp3) is 0.105. The number of hydrogen-bond donors (Lipinski definition) is 1. The first-order valence-electron chi connectivity index (χ1n) is 8.08. The molecule has 1 N–H and O–H groups in total. The van der Waals surface area contributed by atoms with E-state index in [1.165, 1.54) is 0 Å². The number of pyridine rings is 1. The van der Waals surface area contributed by atoms with Crippen LogP contribution in [0.4, 0.5) is 13.2 Å². The number of nitrogens with one attached hydrogen (secondary N) is 1. The second-order valence-corrected chi connectivity index (χ2v) is 7.48. The predicted molar refractivity (Wildman–Crippen MR) is 96.0 cm³/mol. The lowest BCUT2D eigenvalue weighted by molar-refractivity contribution is -0.274. The normalized spacial score (nSPS) is 13.1. The van der Waals surface area contributed by atoms with Gasteiger partial charge in [0.1, 0.15) is 5.75 Å². The van der Waals surface area contributed by atoms with Gasteiger partial charge in [0.2, 0.25) is 10.0 Å². The van der Waals surface area contributed by atoms with E-state index in [0.29, 0.717) is 11.1 Å². The van der Waals surface area contributed by atoms with Crippen LogP contribution in [0, 0.1) is 0 Å². The van der Waals surface area contributed by atoms with E-state index in [2.05, 4.69) is 14.4 Å². The summed E-state index contributed by atoms with van der Waals surface area (Å²) in [6.45, 7) is 0. The van der Waals surface area contributed by atoms with Gasteiger partial charge in [0.25, 0.3) is 0 Å². The monoisotopic (exact) mass is 408 g/mol. The molecule has 146 valence electrons. The Kier molecular flexibility index (Phi) is 5.66. The lowest BCUT2D eigenvalue weighted by Gasteiger charge is -2.20. The lowest BCUT2D eigenvalue weighted by atomic mass is 10.0. The number of halogens is 3. The molecule has 0 amide bonds. The fourth-order valence-corrected chi connectivity index (χ4v) is 3.79. The highest BCUT2D eigenvalue weighted by atomic mass is 32.2. The zero-order chi connectivity index (χ0) is 20.2. The molecule has 0 spiro atoms. The molecule has 1 atom stereocenters. The highest BCUT2D eigenvalue weighted by molar-refractivity contribution is 7.89. The topological polar surface area (TPSA) is 68.3 Å². The summed E-state index contributed by atoms with van der Waals surface area (Å²) in [6.07, 6.45) is -1.76. The van der Waals surface area contributed by atoms with Gasteiger partial charge in [-0.2, -0.15) is 4.72 Å². The summed E-state index contributed by atoms with van der Waals surface area (Å²) in [5.41, 5.74) is 1.37. The molecular weight excluding hydrogens is 393 g/mol. The Morgan fingerprint density at radius 1 is 0.857 bits per heavy atom. The van der Waals surface area contributed by atoms with Crippen molar-refractivity contribution in [2.75, 3.05) is 0 Å². The molecule has 28 heavy (non-hydrogen) atoms. The van der Waals surface area contributed by atoms with E-state index < -0.39 is 28.2 Å². The minimum Gasteiger partial charge on any atom is -0.406 e. The van der Waals surface area contributed by atoms with Crippen LogP contribution >= 0.6 is 0 Å². The number of ether oxygens (including phenoxy) is 1. The van der Waals surface area contributed by atoms with Crippen LogP contribution in [0.1, 0.15) is 17.2 Å². The Hall–Kier alpha value is -2.91. The van der Waals surface area contributed by atoms with Crippen molar-refractivity contribution in [1.82, 2.24) is 9.71 Å². The lowest BCUT2D eigenvalue weighted by Crippen LogP contribution is -2.29. The Labute approximate surface area is 159 Å². The molecule has 0 fully saturated rings. The molecule has 3 aromatic rings. The molecule has 3 rings (SSSR count). The van der Waals surface area contributed by atoms with Gasteiger partial charge in [0, 0.05) is 12.4 Å². The number of benzene rings is 2. The molecule has 0 saturated heterocycles. The van der Waals surface area contributed by atoms with Gasteiger partial charge < -0.3 is 4.74 Å². The van der Waals surface area contributed by atoms with Crippen molar-refractivity contribution in [3.8, 4) is 5.75 Å². The Bertz CT molecular complexity index is 970. The van der Waals surface area contributed by atoms with Crippen molar-refractivity contribution in [2.45, 2.75) is 17.3 Å². The van der Waals surface area contributed by atoms with Crippen molar-refractivity contribution in [2.24, 2.45) is 0 Å². The fourth-order valence-electron chi connectivity index (χ4n) is 2.57. The summed E-state index contributed by atoms with van der Waals surface area (Å²) in [5, 5.41) is 0. The number of sulfonamides is 1. The van der Waals surface area contributed by atoms with Crippen molar-refractivity contribution >= 4 is 10.0 Å². The standard InChI is InChI=1S/C19H15F3N2O3S/c20-19(21,22)27-16-6-8-17(9-7-16)28(25,26)24-18(14-4-2-1-3-5-14)15-10-12-23-13-11-15/h1-13,18,24H. The molecule has 1 heterocycles. The highest BCUT2D eigenvalue weighted by Gasteiger charge is 2.31. The van der Waals surface area contributed by atoms with E-state index in [1.807, 2.05) is 0 Å². The van der Waals surface area contributed by atoms with Crippen LogP contribution in [0.15, 0.2) is 84.0 Å². The molecule has 1 unspecified atom stereocenters. The van der Waals surface area contributed by atoms with Crippen molar-refractivity contribution < 1.29 is 26.3 Å². The molecule has 2 aromatic carbocycles. The first-order chi connectivity index (χ1) is 13.2. The minimum absolute atomic E-state index is 0.183. The number of rotatable bonds is 6. The molecule has 0 aliphatic rings. The van der Waals surface area contributed by atoms with Crippen LogP contribution in [-0.2, 0) is 10.0 Å². The summed E-state index contributed by atoms with van der Waals surface area (Å²) >= 11 is 0. The predicted octanol–water partition coefficient (Wildman–Crippen LogP) is 4.05. The van der Waals surface area contributed by atoms with Gasteiger partial charge in [-0.15, -0.1) is 13.2 Å². The number of aromatic nitrogens is 1. The summed E-state index contributed by atoms with van der Waals surface area (Å²) in [4.78, 5) is 3.75. The van der Waals surface area contributed by atoms with Crippen molar-refractivity contribution in [3.05, 3.63) is 90.3 Å². The minimum atomic E-state index is -4.85. The maximum atomic E-state index is 12.8. The van der Waals surface area contributed by atoms with Crippen LogP contribution in [0.25, 0.3) is 0 Å². The summed E-state index contributed by atoms with van der Waals surface area (Å²) in [7, 11) is -4.02. The molecule has 0 bridgehead atoms. The van der Waals surface area contributed by atoms with Crippen LogP contribution < -0.4 is 9.46 Å². The SMILES string of the molecule is O=S(=O)(NC(c1ccccc1)c1ccncc1)c1ccc(OC(F)(F)F)cc1. The average molecular weight is 408 g/mol. The van der Waals surface area contributed by atoms with Crippen LogP contribution in [0.2, 0.25) is 0 Å². The molecule has 1 aromatic heterocycles. The maximum Gasteiger partial charge on any atom is 0.573 e. The average Bonchev–Trinajstić information content (AvgIpc) is 2.67. The zero-order valence-corrected chi connectivity index (χ0v) is 15.1. The van der Waals surface area contributed by atoms with E-state index in [1.54, 1.807) is 54.9 Å². The molecule has 0 saturated carbocycles. The van der Waals surface area contributed by atoms with Gasteiger partial charge in [0.05, 0.1) is 10.9 Å². The third-order valence-electron chi connectivity index (χ3n) is 3.81. The first kappa shape index (κ1) is 19.8. The maximum absolute atomic E-state index is 12.8. The van der Waals surface area contributed by atoms with Gasteiger partial charge in [-0.25, -0.2) is 8.42 Å². The second kappa shape index (κ2) is 7.99. The Morgan fingerprint density at radius 2 is 1.43 bits per heavy atom. The second-order valence-electron chi connectivity index (χ2n) is 5.76. The largest absolute Gasteiger partial charge is 0.573 e. The molecule has 0 aliphatic carbocycles. The van der Waals surface area contributed by atoms with E-state index in [4.69, 9.17) is 0 Å². The zero-order valence-electron chi connectivity index (χ0n) is 14.3. The van der Waals surface area contributed by atoms with Gasteiger partial charge in [-0.3, -0.25) is 4.98 Å². The summed E-state index contributed by atoms with van der Waals surface area (Å²) < 4.78 is 68.7. The number of alkyl halides is 3. The summed E-state index contributed by atoms with van der Waals surface area (Å²) in [6, 6.07) is 15.6. The third kappa shape index (κ3) is 5.08. The Morgan fingerprint density at radius 3 is 2.00 bits per heavy atom. The number of nitrogens with zero attached hydrogens (tertiary/aromatic N) is 1. The molecule has 9 heteroatoms. The quantitative estimate of drug-likeness (QED) is 0.668. The van der Waals surface area contributed by atoms with Gasteiger partial charge in [-0.1, -0.05) is 30.3 Å². The van der Waals surface area contributed by atoms with E-state index in [0.717, 1.165) is 24.3 Å². The molecule has 0 radical (unpaired) electrons. The van der Waals surface area contributed by atoms with E-state index in [-0.39, 0.29) is 4.90 Å². The summed E-state index contributed by atoms with van der Waals surface area (Å²) in [5.74, 6) is -0.500. The van der Waals surface area contributed by atoms with Crippen molar-refractivity contribution in [3.63, 3.8) is 0 Å². The van der Waals surface area contributed by atoms with Gasteiger partial charge in [-0.05, 0) is 47.5 Å². The Balaban J connectivity index is 1.90. The van der Waals surface area contributed by atoms with E-state index >= 15 is 0 Å². The van der Waals surface area contributed by atoms with Crippen LogP contribution in [-0.4, -0.2) is 19.8 Å². The highest BCUT2D eigenvalue weighted by Crippen LogP contribution is 2.26. The van der Waals surface area contributed by atoms with Crippen LogP contribution in [0.3, 0.4) is 0 Å². The smallest absolute Gasteiger partial charge is 0.406 e. The number of hydrogen-bond acceptors (Lipinski definition) is 4. The third-order valence-corrected chi connectivity index (χ3v) is 5.25. The molecule has 0 aliphatic heterocycles. The molecule has 5 nitrogen and oxygen atoms in total. The van der Waals surface area contributed by atoms with E-state index in [9.17, 15) is 21.6 Å². The molecular formula is C19H15F3N2O3S. The first-order valence-corrected chi connectivity index (χ1v) is 9.56.